The summed E-state index contributed by atoms with van der Waals surface area (Å²) < 4.78 is 23.1. The molecule has 5 nitrogen and oxygen atoms in total. The summed E-state index contributed by atoms with van der Waals surface area (Å²) in [5, 5.41) is 3.87. The molecule has 0 fully saturated rings. The summed E-state index contributed by atoms with van der Waals surface area (Å²) in [5.41, 5.74) is 1.63. The fraction of sp³-hybridized carbons (Fsp3) is 0.0625. The second-order valence-corrected chi connectivity index (χ2v) is 4.50. The van der Waals surface area contributed by atoms with Crippen molar-refractivity contribution in [2.45, 2.75) is 6.61 Å². The lowest BCUT2D eigenvalue weighted by molar-refractivity contribution is 0.0437. The van der Waals surface area contributed by atoms with Crippen molar-refractivity contribution >= 4 is 5.97 Å². The summed E-state index contributed by atoms with van der Waals surface area (Å²) in [7, 11) is 0. The summed E-state index contributed by atoms with van der Waals surface area (Å²) in [6.07, 6.45) is 2.99. The van der Waals surface area contributed by atoms with Gasteiger partial charge in [-0.2, -0.15) is 0 Å². The number of carbonyl (C=O) groups excluding carboxylic acids is 1. The van der Waals surface area contributed by atoms with Gasteiger partial charge < -0.3 is 9.26 Å². The van der Waals surface area contributed by atoms with Crippen molar-refractivity contribution in [1.29, 1.82) is 0 Å². The maximum absolute atomic E-state index is 12.9. The molecule has 2 heterocycles. The highest BCUT2D eigenvalue weighted by molar-refractivity contribution is 5.88. The van der Waals surface area contributed by atoms with Gasteiger partial charge in [-0.05, 0) is 36.4 Å². The summed E-state index contributed by atoms with van der Waals surface area (Å²) in [4.78, 5) is 15.6. The number of halogens is 1. The van der Waals surface area contributed by atoms with Crippen LogP contribution < -0.4 is 0 Å². The summed E-state index contributed by atoms with van der Waals surface area (Å²) in [6, 6.07) is 10.8. The van der Waals surface area contributed by atoms with E-state index in [4.69, 9.17) is 9.26 Å². The van der Waals surface area contributed by atoms with Crippen molar-refractivity contribution in [2.24, 2.45) is 0 Å². The number of hydrogen-bond donors (Lipinski definition) is 0. The van der Waals surface area contributed by atoms with Gasteiger partial charge in [0.2, 0.25) is 0 Å². The topological polar surface area (TPSA) is 65.2 Å². The molecule has 110 valence electrons. The van der Waals surface area contributed by atoms with Crippen LogP contribution in [0.25, 0.3) is 11.3 Å². The minimum atomic E-state index is -0.493. The van der Waals surface area contributed by atoms with Crippen molar-refractivity contribution in [2.75, 3.05) is 0 Å². The van der Waals surface area contributed by atoms with Crippen LogP contribution in [0.4, 0.5) is 4.39 Å². The van der Waals surface area contributed by atoms with E-state index in [1.807, 2.05) is 0 Å². The summed E-state index contributed by atoms with van der Waals surface area (Å²) >= 11 is 0. The lowest BCUT2D eigenvalue weighted by Gasteiger charge is -2.00. The summed E-state index contributed by atoms with van der Waals surface area (Å²) in [6.45, 7) is -0.0398. The van der Waals surface area contributed by atoms with Gasteiger partial charge in [0, 0.05) is 24.0 Å². The van der Waals surface area contributed by atoms with Gasteiger partial charge in [-0.1, -0.05) is 5.16 Å². The molecule has 0 atom stereocenters. The Morgan fingerprint density at radius 2 is 2.05 bits per heavy atom. The number of carbonyl (C=O) groups is 1. The number of esters is 1. The van der Waals surface area contributed by atoms with Gasteiger partial charge in [-0.25, -0.2) is 9.18 Å². The molecule has 2 aromatic heterocycles. The summed E-state index contributed by atoms with van der Waals surface area (Å²) in [5.74, 6) is -0.415. The first-order valence-electron chi connectivity index (χ1n) is 6.51. The Hall–Kier alpha value is -3.02. The van der Waals surface area contributed by atoms with Crippen LogP contribution >= 0.6 is 0 Å². The molecule has 0 aliphatic heterocycles. The molecule has 0 unspecified atom stereocenters. The Balaban J connectivity index is 1.65. The molecule has 0 N–H and O–H groups in total. The third kappa shape index (κ3) is 3.17. The van der Waals surface area contributed by atoms with Gasteiger partial charge in [0.25, 0.3) is 0 Å². The molecule has 6 heteroatoms. The van der Waals surface area contributed by atoms with Crippen LogP contribution in [0.3, 0.4) is 0 Å². The Labute approximate surface area is 125 Å². The van der Waals surface area contributed by atoms with E-state index in [2.05, 4.69) is 10.1 Å². The van der Waals surface area contributed by atoms with E-state index < -0.39 is 5.97 Å². The minimum Gasteiger partial charge on any atom is -0.454 e. The molecule has 0 radical (unpaired) electrons. The second-order valence-electron chi connectivity index (χ2n) is 4.50. The maximum atomic E-state index is 12.9. The zero-order valence-electron chi connectivity index (χ0n) is 11.4. The lowest BCUT2D eigenvalue weighted by Crippen LogP contribution is -2.04. The van der Waals surface area contributed by atoms with E-state index >= 15 is 0 Å². The smallest absolute Gasteiger partial charge is 0.340 e. The van der Waals surface area contributed by atoms with Crippen molar-refractivity contribution in [3.8, 4) is 11.3 Å². The number of pyridine rings is 1. The third-order valence-corrected chi connectivity index (χ3v) is 2.94. The van der Waals surface area contributed by atoms with Crippen LogP contribution in [0, 0.1) is 5.82 Å². The molecule has 0 spiro atoms. The Morgan fingerprint density at radius 3 is 2.77 bits per heavy atom. The van der Waals surface area contributed by atoms with Gasteiger partial charge >= 0.3 is 5.97 Å². The molecular weight excluding hydrogens is 287 g/mol. The van der Waals surface area contributed by atoms with E-state index in [1.165, 1.54) is 18.3 Å². The molecule has 3 rings (SSSR count). The maximum Gasteiger partial charge on any atom is 0.340 e. The highest BCUT2D eigenvalue weighted by atomic mass is 19.1. The Morgan fingerprint density at radius 1 is 1.23 bits per heavy atom. The SMILES string of the molecule is O=C(OCc1cc(-c2ccc(F)cc2)no1)c1cccnc1. The molecule has 0 bridgehead atoms. The number of benzene rings is 1. The van der Waals surface area contributed by atoms with E-state index in [0.29, 0.717) is 17.0 Å². The average molecular weight is 298 g/mol. The quantitative estimate of drug-likeness (QED) is 0.692. The van der Waals surface area contributed by atoms with Gasteiger partial charge in [0.15, 0.2) is 12.4 Å². The highest BCUT2D eigenvalue weighted by Gasteiger charge is 2.11. The first-order valence-corrected chi connectivity index (χ1v) is 6.51. The Bertz CT molecular complexity index is 770. The largest absolute Gasteiger partial charge is 0.454 e. The van der Waals surface area contributed by atoms with Gasteiger partial charge in [-0.3, -0.25) is 4.98 Å². The van der Waals surface area contributed by atoms with Crippen molar-refractivity contribution in [3.63, 3.8) is 0 Å². The Kier molecular flexibility index (Phi) is 3.91. The number of aromatic nitrogens is 2. The first-order chi connectivity index (χ1) is 10.7. The van der Waals surface area contributed by atoms with Crippen molar-refractivity contribution < 1.29 is 18.4 Å². The van der Waals surface area contributed by atoms with Gasteiger partial charge in [0.1, 0.15) is 11.5 Å². The van der Waals surface area contributed by atoms with Crippen LogP contribution in [0.1, 0.15) is 16.1 Å². The van der Waals surface area contributed by atoms with Crippen LogP contribution in [0.2, 0.25) is 0 Å². The molecule has 22 heavy (non-hydrogen) atoms. The van der Waals surface area contributed by atoms with Gasteiger partial charge in [-0.15, -0.1) is 0 Å². The molecule has 1 aromatic carbocycles. The standard InChI is InChI=1S/C16H11FN2O3/c17-13-5-3-11(4-6-13)15-8-14(22-19-15)10-21-16(20)12-2-1-7-18-9-12/h1-9H,10H2. The van der Waals surface area contributed by atoms with E-state index in [9.17, 15) is 9.18 Å². The normalized spacial score (nSPS) is 10.4. The number of hydrogen-bond acceptors (Lipinski definition) is 5. The van der Waals surface area contributed by atoms with Crippen LogP contribution in [0.15, 0.2) is 59.4 Å². The predicted molar refractivity (Wildman–Crippen MR) is 75.3 cm³/mol. The lowest BCUT2D eigenvalue weighted by atomic mass is 10.1. The van der Waals surface area contributed by atoms with E-state index in [0.717, 1.165) is 5.56 Å². The van der Waals surface area contributed by atoms with E-state index in [-0.39, 0.29) is 12.4 Å². The van der Waals surface area contributed by atoms with E-state index in [1.54, 1.807) is 36.5 Å². The number of nitrogens with zero attached hydrogens (tertiary/aromatic N) is 2. The molecule has 0 aliphatic carbocycles. The second kappa shape index (κ2) is 6.17. The van der Waals surface area contributed by atoms with Crippen molar-refractivity contribution in [1.82, 2.24) is 10.1 Å². The zero-order valence-corrected chi connectivity index (χ0v) is 11.4. The fourth-order valence-corrected chi connectivity index (χ4v) is 1.84. The zero-order chi connectivity index (χ0) is 15.4. The van der Waals surface area contributed by atoms with Crippen LogP contribution in [-0.4, -0.2) is 16.1 Å². The molecule has 0 saturated heterocycles. The number of rotatable bonds is 4. The molecule has 3 aromatic rings. The fourth-order valence-electron chi connectivity index (χ4n) is 1.84. The predicted octanol–water partition coefficient (Wildman–Crippen LogP) is 3.23. The van der Waals surface area contributed by atoms with Crippen LogP contribution in [-0.2, 0) is 11.3 Å². The van der Waals surface area contributed by atoms with Gasteiger partial charge in [0.05, 0.1) is 5.56 Å². The van der Waals surface area contributed by atoms with Crippen LogP contribution in [0.5, 0.6) is 0 Å². The number of ether oxygens (including phenoxy) is 1. The molecule has 0 aliphatic rings. The molecule has 0 saturated carbocycles. The highest BCUT2D eigenvalue weighted by Crippen LogP contribution is 2.20. The monoisotopic (exact) mass is 298 g/mol. The molecular formula is C16H11FN2O3. The first kappa shape index (κ1) is 13.9. The molecule has 0 amide bonds. The third-order valence-electron chi connectivity index (χ3n) is 2.94. The van der Waals surface area contributed by atoms with Crippen molar-refractivity contribution in [3.05, 3.63) is 72.0 Å². The minimum absolute atomic E-state index is 0.0398. The average Bonchev–Trinajstić information content (AvgIpc) is 3.03.